The fraction of sp³-hybridized carbons (Fsp3) is 0.200. The van der Waals surface area contributed by atoms with E-state index in [0.717, 1.165) is 16.1 Å². The summed E-state index contributed by atoms with van der Waals surface area (Å²) in [6.07, 6.45) is 2.34. The Morgan fingerprint density at radius 3 is 2.38 bits per heavy atom. The van der Waals surface area contributed by atoms with E-state index in [4.69, 9.17) is 49.0 Å². The zero-order valence-corrected chi connectivity index (χ0v) is 25.5. The maximum absolute atomic E-state index is 12.6. The number of hydrazone groups is 1. The summed E-state index contributed by atoms with van der Waals surface area (Å²) >= 11 is 21.5. The van der Waals surface area contributed by atoms with Gasteiger partial charge in [0.05, 0.1) is 46.9 Å². The van der Waals surface area contributed by atoms with Gasteiger partial charge in [0.25, 0.3) is 5.91 Å². The summed E-state index contributed by atoms with van der Waals surface area (Å²) in [6.45, 7) is -0.342. The van der Waals surface area contributed by atoms with Crippen LogP contribution in [0.1, 0.15) is 11.1 Å². The van der Waals surface area contributed by atoms with Crippen molar-refractivity contribution in [2.24, 2.45) is 5.10 Å². The highest BCUT2D eigenvalue weighted by atomic mass is 79.9. The van der Waals surface area contributed by atoms with Crippen molar-refractivity contribution in [3.8, 4) is 17.2 Å². The van der Waals surface area contributed by atoms with Crippen LogP contribution in [0.25, 0.3) is 0 Å². The largest absolute Gasteiger partial charge is 0.495 e. The van der Waals surface area contributed by atoms with Gasteiger partial charge in [-0.25, -0.2) is 13.8 Å². The first-order chi connectivity index (χ1) is 18.4. The average molecular weight is 680 g/mol. The Bertz CT molecular complexity index is 1500. The van der Waals surface area contributed by atoms with Gasteiger partial charge in [0.1, 0.15) is 18.9 Å². The van der Waals surface area contributed by atoms with Crippen LogP contribution in [0.3, 0.4) is 0 Å². The van der Waals surface area contributed by atoms with Crippen molar-refractivity contribution in [1.82, 2.24) is 5.43 Å². The number of sulfonamides is 1. The number of rotatable bonds is 11. The van der Waals surface area contributed by atoms with Crippen LogP contribution in [0.15, 0.2) is 58.1 Å². The molecule has 0 spiro atoms. The van der Waals surface area contributed by atoms with Gasteiger partial charge >= 0.3 is 0 Å². The van der Waals surface area contributed by atoms with Crippen LogP contribution < -0.4 is 23.9 Å². The number of nitrogens with zero attached hydrogens (tertiary/aromatic N) is 2. The molecule has 1 amide bonds. The number of anilines is 1. The molecule has 1 N–H and O–H groups in total. The van der Waals surface area contributed by atoms with Crippen molar-refractivity contribution < 1.29 is 27.4 Å². The summed E-state index contributed by atoms with van der Waals surface area (Å²) in [6, 6.07) is 13.0. The zero-order valence-electron chi connectivity index (χ0n) is 20.9. The predicted octanol–water partition coefficient (Wildman–Crippen LogP) is 5.92. The van der Waals surface area contributed by atoms with Crippen molar-refractivity contribution >= 4 is 78.6 Å². The van der Waals surface area contributed by atoms with Gasteiger partial charge in [-0.3, -0.25) is 9.10 Å². The van der Waals surface area contributed by atoms with Crippen LogP contribution >= 0.6 is 50.7 Å². The Labute approximate surface area is 249 Å². The van der Waals surface area contributed by atoms with Crippen LogP contribution in [0.5, 0.6) is 17.2 Å². The van der Waals surface area contributed by atoms with Gasteiger partial charge in [-0.05, 0) is 69.5 Å². The molecular weight excluding hydrogens is 657 g/mol. The third-order valence-corrected chi connectivity index (χ3v) is 7.81. The van der Waals surface area contributed by atoms with Crippen LogP contribution in [0.2, 0.25) is 15.1 Å². The lowest BCUT2D eigenvalue weighted by Gasteiger charge is -2.23. The van der Waals surface area contributed by atoms with Gasteiger partial charge in [-0.1, -0.05) is 40.9 Å². The Morgan fingerprint density at radius 1 is 1.03 bits per heavy atom. The van der Waals surface area contributed by atoms with Crippen LogP contribution in [-0.2, 0) is 21.4 Å². The number of benzene rings is 3. The molecule has 0 aliphatic heterocycles. The van der Waals surface area contributed by atoms with E-state index in [0.29, 0.717) is 31.6 Å². The second-order valence-corrected chi connectivity index (χ2v) is 12.0. The predicted molar refractivity (Wildman–Crippen MR) is 157 cm³/mol. The molecule has 208 valence electrons. The van der Waals surface area contributed by atoms with Crippen LogP contribution in [0, 0.1) is 0 Å². The molecule has 39 heavy (non-hydrogen) atoms. The number of methoxy groups -OCH3 is 2. The number of hydrogen-bond acceptors (Lipinski definition) is 7. The molecule has 0 aliphatic rings. The molecule has 0 aromatic heterocycles. The van der Waals surface area contributed by atoms with Gasteiger partial charge in [0.2, 0.25) is 10.0 Å². The van der Waals surface area contributed by atoms with Crippen LogP contribution in [-0.4, -0.2) is 47.6 Å². The first-order valence-electron chi connectivity index (χ1n) is 11.0. The molecule has 0 unspecified atom stereocenters. The Morgan fingerprint density at radius 2 is 1.74 bits per heavy atom. The molecule has 0 fully saturated rings. The van der Waals surface area contributed by atoms with Crippen molar-refractivity contribution in [3.63, 3.8) is 0 Å². The zero-order chi connectivity index (χ0) is 28.7. The number of ether oxygens (including phenoxy) is 3. The van der Waals surface area contributed by atoms with Crippen molar-refractivity contribution in [3.05, 3.63) is 79.2 Å². The van der Waals surface area contributed by atoms with E-state index in [1.165, 1.54) is 32.6 Å². The van der Waals surface area contributed by atoms with E-state index in [1.807, 2.05) is 0 Å². The van der Waals surface area contributed by atoms with Crippen molar-refractivity contribution in [2.45, 2.75) is 6.61 Å². The summed E-state index contributed by atoms with van der Waals surface area (Å²) in [5, 5.41) is 5.09. The maximum Gasteiger partial charge on any atom is 0.260 e. The summed E-state index contributed by atoms with van der Waals surface area (Å²) in [5.41, 5.74) is 3.82. The van der Waals surface area contributed by atoms with Gasteiger partial charge in [0, 0.05) is 5.02 Å². The van der Waals surface area contributed by atoms with Crippen molar-refractivity contribution in [2.75, 3.05) is 31.3 Å². The second kappa shape index (κ2) is 13.6. The maximum atomic E-state index is 12.6. The normalized spacial score (nSPS) is 11.4. The van der Waals surface area contributed by atoms with Crippen molar-refractivity contribution in [1.29, 1.82) is 0 Å². The van der Waals surface area contributed by atoms with E-state index < -0.39 is 22.5 Å². The number of hydrogen-bond donors (Lipinski definition) is 1. The molecule has 3 aromatic rings. The quantitative estimate of drug-likeness (QED) is 0.199. The molecule has 3 aromatic carbocycles. The van der Waals surface area contributed by atoms with Gasteiger partial charge in [0.15, 0.2) is 11.5 Å². The van der Waals surface area contributed by atoms with E-state index in [-0.39, 0.29) is 23.1 Å². The SMILES string of the molecule is COc1ccc(Cl)cc1N(CC(=O)N/N=C\c1cc(Br)c(OCc2ccc(Cl)c(Cl)c2)c(OC)c1)S(C)(=O)=O. The van der Waals surface area contributed by atoms with Gasteiger partial charge < -0.3 is 14.2 Å². The first kappa shape index (κ1) is 30.8. The molecule has 9 nitrogen and oxygen atoms in total. The standard InChI is InChI=1S/C25H23BrCl3N3O6S/c1-36-22-7-5-17(27)11-21(22)32(39(3,34)35)13-24(33)31-30-12-16-8-18(26)25(23(10-16)37-2)38-14-15-4-6-19(28)20(29)9-15/h4-12H,13-14H2,1-3H3,(H,31,33)/b30-12-. The topological polar surface area (TPSA) is 107 Å². The van der Waals surface area contributed by atoms with E-state index in [1.54, 1.807) is 36.4 Å². The monoisotopic (exact) mass is 677 g/mol. The summed E-state index contributed by atoms with van der Waals surface area (Å²) in [5.74, 6) is 0.406. The smallest absolute Gasteiger partial charge is 0.260 e. The molecule has 0 radical (unpaired) electrons. The fourth-order valence-corrected chi connectivity index (χ4v) is 5.24. The van der Waals surface area contributed by atoms with Gasteiger partial charge in [-0.15, -0.1) is 0 Å². The molecule has 0 atom stereocenters. The molecule has 0 saturated carbocycles. The number of nitrogens with one attached hydrogen (secondary N) is 1. The van der Waals surface area contributed by atoms with Crippen LogP contribution in [0.4, 0.5) is 5.69 Å². The Balaban J connectivity index is 1.71. The molecule has 14 heteroatoms. The Hall–Kier alpha value is -2.70. The average Bonchev–Trinajstić information content (AvgIpc) is 2.87. The molecular formula is C25H23BrCl3N3O6S. The summed E-state index contributed by atoms with van der Waals surface area (Å²) in [7, 11) is -0.989. The Kier molecular flexibility index (Phi) is 10.7. The lowest BCUT2D eigenvalue weighted by atomic mass is 10.2. The van der Waals surface area contributed by atoms with E-state index >= 15 is 0 Å². The molecule has 3 rings (SSSR count). The number of halogens is 4. The lowest BCUT2D eigenvalue weighted by molar-refractivity contribution is -0.119. The van der Waals surface area contributed by atoms with E-state index in [9.17, 15) is 13.2 Å². The third kappa shape index (κ3) is 8.39. The first-order valence-corrected chi connectivity index (χ1v) is 14.8. The van der Waals surface area contributed by atoms with Gasteiger partial charge in [-0.2, -0.15) is 5.10 Å². The second-order valence-electron chi connectivity index (χ2n) is 7.95. The fourth-order valence-electron chi connectivity index (χ4n) is 3.32. The minimum absolute atomic E-state index is 0.122. The molecule has 0 bridgehead atoms. The molecule has 0 heterocycles. The number of carbonyl (C=O) groups is 1. The summed E-state index contributed by atoms with van der Waals surface area (Å²) in [4.78, 5) is 12.6. The third-order valence-electron chi connectivity index (χ3n) is 5.12. The highest BCUT2D eigenvalue weighted by Gasteiger charge is 2.24. The van der Waals surface area contributed by atoms with E-state index in [2.05, 4.69) is 26.5 Å². The number of amides is 1. The highest BCUT2D eigenvalue weighted by molar-refractivity contribution is 9.10. The minimum Gasteiger partial charge on any atom is -0.495 e. The molecule has 0 aliphatic carbocycles. The lowest BCUT2D eigenvalue weighted by Crippen LogP contribution is -2.39. The molecule has 0 saturated heterocycles. The summed E-state index contributed by atoms with van der Waals surface area (Å²) < 4.78 is 42.9. The number of carbonyl (C=O) groups excluding carboxylic acids is 1. The minimum atomic E-state index is -3.86. The highest BCUT2D eigenvalue weighted by Crippen LogP contribution is 2.37.